The first-order valence-corrected chi connectivity index (χ1v) is 9.45. The highest BCUT2D eigenvalue weighted by molar-refractivity contribution is 7.80. The van der Waals surface area contributed by atoms with Gasteiger partial charge in [-0.1, -0.05) is 12.1 Å². The van der Waals surface area contributed by atoms with Crippen LogP contribution in [0.15, 0.2) is 42.5 Å². The molecule has 0 aliphatic heterocycles. The summed E-state index contributed by atoms with van der Waals surface area (Å²) < 4.78 is 16.3. The largest absolute Gasteiger partial charge is 0.493 e. The van der Waals surface area contributed by atoms with Crippen LogP contribution in [0.1, 0.15) is 25.8 Å². The van der Waals surface area contributed by atoms with E-state index in [4.69, 9.17) is 26.4 Å². The van der Waals surface area contributed by atoms with Crippen LogP contribution in [0.3, 0.4) is 0 Å². The van der Waals surface area contributed by atoms with Crippen LogP contribution in [-0.4, -0.2) is 32.0 Å². The zero-order valence-electron chi connectivity index (χ0n) is 16.4. The molecule has 0 saturated carbocycles. The minimum absolute atomic E-state index is 0.182. The molecule has 27 heavy (non-hydrogen) atoms. The molecule has 2 aromatic carbocycles. The second-order valence-corrected chi connectivity index (χ2v) is 6.78. The minimum Gasteiger partial charge on any atom is -0.493 e. The molecule has 0 fully saturated rings. The Hall–Kier alpha value is -2.47. The molecule has 2 aromatic rings. The number of ether oxygens (including phenoxy) is 3. The van der Waals surface area contributed by atoms with Gasteiger partial charge in [-0.2, -0.15) is 0 Å². The monoisotopic (exact) mass is 388 g/mol. The van der Waals surface area contributed by atoms with E-state index < -0.39 is 0 Å². The van der Waals surface area contributed by atoms with Crippen LogP contribution in [0.5, 0.6) is 17.2 Å². The van der Waals surface area contributed by atoms with Crippen molar-refractivity contribution in [3.05, 3.63) is 48.0 Å². The minimum atomic E-state index is 0.182. The average molecular weight is 389 g/mol. The number of nitrogens with one attached hydrogen (secondary N) is 2. The lowest BCUT2D eigenvalue weighted by Crippen LogP contribution is -2.29. The van der Waals surface area contributed by atoms with Crippen molar-refractivity contribution in [1.82, 2.24) is 5.32 Å². The first kappa shape index (κ1) is 20.8. The van der Waals surface area contributed by atoms with Crippen molar-refractivity contribution in [2.24, 2.45) is 0 Å². The highest BCUT2D eigenvalue weighted by Crippen LogP contribution is 2.29. The molecule has 0 aromatic heterocycles. The summed E-state index contributed by atoms with van der Waals surface area (Å²) in [5, 5.41) is 6.98. The lowest BCUT2D eigenvalue weighted by molar-refractivity contribution is 0.242. The number of benzene rings is 2. The third-order valence-corrected chi connectivity index (χ3v) is 4.09. The van der Waals surface area contributed by atoms with Gasteiger partial charge in [0.05, 0.1) is 20.3 Å². The second-order valence-electron chi connectivity index (χ2n) is 6.37. The summed E-state index contributed by atoms with van der Waals surface area (Å²) in [7, 11) is 3.22. The summed E-state index contributed by atoms with van der Waals surface area (Å²) in [5.41, 5.74) is 2.11. The molecular weight excluding hydrogens is 360 g/mol. The Labute approximate surface area is 167 Å². The summed E-state index contributed by atoms with van der Waals surface area (Å²) in [4.78, 5) is 0. The molecule has 0 saturated heterocycles. The standard InChI is InChI=1S/C21H28N2O3S/c1-15(2)26-18-9-5-7-16(13-18)8-6-12-22-21(27)23-17-10-11-19(24-3)20(14-17)25-4/h5,7,9-11,13-15H,6,8,12H2,1-4H3,(H2,22,23,27). The Kier molecular flexibility index (Phi) is 8.20. The highest BCUT2D eigenvalue weighted by Gasteiger charge is 2.06. The van der Waals surface area contributed by atoms with E-state index in [2.05, 4.69) is 22.8 Å². The SMILES string of the molecule is COc1ccc(NC(=S)NCCCc2cccc(OC(C)C)c2)cc1OC. The third-order valence-electron chi connectivity index (χ3n) is 3.84. The predicted molar refractivity (Wildman–Crippen MR) is 114 cm³/mol. The van der Waals surface area contributed by atoms with Crippen molar-refractivity contribution >= 4 is 23.0 Å². The number of rotatable bonds is 9. The predicted octanol–water partition coefficient (Wildman–Crippen LogP) is 4.41. The van der Waals surface area contributed by atoms with E-state index in [1.54, 1.807) is 14.2 Å². The van der Waals surface area contributed by atoms with Gasteiger partial charge in [0, 0.05) is 18.3 Å². The lowest BCUT2D eigenvalue weighted by Gasteiger charge is -2.13. The second kappa shape index (κ2) is 10.6. The maximum atomic E-state index is 5.74. The van der Waals surface area contributed by atoms with Gasteiger partial charge in [0.1, 0.15) is 5.75 Å². The van der Waals surface area contributed by atoms with Crippen molar-refractivity contribution in [3.8, 4) is 17.2 Å². The Morgan fingerprint density at radius 3 is 2.52 bits per heavy atom. The zero-order chi connectivity index (χ0) is 19.6. The molecule has 0 radical (unpaired) electrons. The summed E-state index contributed by atoms with van der Waals surface area (Å²) in [6.45, 7) is 4.85. The molecular formula is C21H28N2O3S. The Balaban J connectivity index is 1.76. The molecule has 0 aliphatic carbocycles. The highest BCUT2D eigenvalue weighted by atomic mass is 32.1. The lowest BCUT2D eigenvalue weighted by atomic mass is 10.1. The van der Waals surface area contributed by atoms with Crippen LogP contribution in [0.2, 0.25) is 0 Å². The summed E-state index contributed by atoms with van der Waals surface area (Å²) in [5.74, 6) is 2.26. The van der Waals surface area contributed by atoms with Crippen LogP contribution in [-0.2, 0) is 6.42 Å². The van der Waals surface area contributed by atoms with E-state index in [0.717, 1.165) is 30.8 Å². The normalized spacial score (nSPS) is 10.4. The average Bonchev–Trinajstić information content (AvgIpc) is 2.65. The topological polar surface area (TPSA) is 51.8 Å². The molecule has 2 rings (SSSR count). The number of hydrogen-bond acceptors (Lipinski definition) is 4. The molecule has 6 heteroatoms. The number of methoxy groups -OCH3 is 2. The van der Waals surface area contributed by atoms with Crippen LogP contribution in [0.25, 0.3) is 0 Å². The molecule has 2 N–H and O–H groups in total. The summed E-state index contributed by atoms with van der Waals surface area (Å²) >= 11 is 5.36. The van der Waals surface area contributed by atoms with Crippen molar-refractivity contribution in [2.75, 3.05) is 26.1 Å². The number of thiocarbonyl (C=S) groups is 1. The van der Waals surface area contributed by atoms with Gasteiger partial charge in [0.15, 0.2) is 16.6 Å². The first-order chi connectivity index (χ1) is 13.0. The zero-order valence-corrected chi connectivity index (χ0v) is 17.2. The van der Waals surface area contributed by atoms with Crippen molar-refractivity contribution in [1.29, 1.82) is 0 Å². The van der Waals surface area contributed by atoms with Crippen LogP contribution < -0.4 is 24.8 Å². The third kappa shape index (κ3) is 6.98. The van der Waals surface area contributed by atoms with Crippen LogP contribution in [0, 0.1) is 0 Å². The van der Waals surface area contributed by atoms with Crippen LogP contribution in [0.4, 0.5) is 5.69 Å². The van der Waals surface area contributed by atoms with Gasteiger partial charge in [0.25, 0.3) is 0 Å². The van der Waals surface area contributed by atoms with Crippen molar-refractivity contribution in [2.45, 2.75) is 32.8 Å². The van der Waals surface area contributed by atoms with E-state index in [1.165, 1.54) is 5.56 Å². The Morgan fingerprint density at radius 1 is 1.04 bits per heavy atom. The van der Waals surface area contributed by atoms with Gasteiger partial charge in [0.2, 0.25) is 0 Å². The Morgan fingerprint density at radius 2 is 1.81 bits per heavy atom. The number of aryl methyl sites for hydroxylation is 1. The maximum absolute atomic E-state index is 5.74. The van der Waals surface area contributed by atoms with Crippen molar-refractivity contribution in [3.63, 3.8) is 0 Å². The molecule has 0 unspecified atom stereocenters. The molecule has 0 amide bonds. The number of hydrogen-bond donors (Lipinski definition) is 2. The van der Waals surface area contributed by atoms with E-state index in [-0.39, 0.29) is 6.10 Å². The molecule has 146 valence electrons. The molecule has 5 nitrogen and oxygen atoms in total. The fourth-order valence-electron chi connectivity index (χ4n) is 2.63. The Bertz CT molecular complexity index is 750. The van der Waals surface area contributed by atoms with E-state index in [0.29, 0.717) is 16.6 Å². The van der Waals surface area contributed by atoms with E-state index in [9.17, 15) is 0 Å². The fraction of sp³-hybridized carbons (Fsp3) is 0.381. The van der Waals surface area contributed by atoms with Gasteiger partial charge < -0.3 is 24.8 Å². The maximum Gasteiger partial charge on any atom is 0.170 e. The quantitative estimate of drug-likeness (QED) is 0.490. The summed E-state index contributed by atoms with van der Waals surface area (Å²) in [6.07, 6.45) is 2.11. The fourth-order valence-corrected chi connectivity index (χ4v) is 2.85. The number of anilines is 1. The molecule has 0 spiro atoms. The molecule has 0 aliphatic rings. The molecule has 0 atom stereocenters. The van der Waals surface area contributed by atoms with Crippen LogP contribution >= 0.6 is 12.2 Å². The van der Waals surface area contributed by atoms with Gasteiger partial charge in [-0.15, -0.1) is 0 Å². The summed E-state index contributed by atoms with van der Waals surface area (Å²) in [6, 6.07) is 13.8. The van der Waals surface area contributed by atoms with E-state index >= 15 is 0 Å². The van der Waals surface area contributed by atoms with Gasteiger partial charge in [-0.25, -0.2) is 0 Å². The molecule has 0 bridgehead atoms. The smallest absolute Gasteiger partial charge is 0.170 e. The molecule has 0 heterocycles. The van der Waals surface area contributed by atoms with Gasteiger partial charge >= 0.3 is 0 Å². The van der Waals surface area contributed by atoms with Gasteiger partial charge in [-0.05, 0) is 68.7 Å². The van der Waals surface area contributed by atoms with E-state index in [1.807, 2.05) is 44.2 Å². The van der Waals surface area contributed by atoms with Crippen molar-refractivity contribution < 1.29 is 14.2 Å². The van der Waals surface area contributed by atoms with Gasteiger partial charge in [-0.3, -0.25) is 0 Å². The first-order valence-electron chi connectivity index (χ1n) is 9.04.